The van der Waals surface area contributed by atoms with Crippen LogP contribution >= 0.6 is 15.9 Å². The third-order valence-electron chi connectivity index (χ3n) is 2.21. The van der Waals surface area contributed by atoms with Gasteiger partial charge in [-0.05, 0) is 24.5 Å². The van der Waals surface area contributed by atoms with E-state index < -0.39 is 20.9 Å². The molecule has 1 atom stereocenters. The molecule has 0 N–H and O–H groups in total. The molecule has 0 amide bonds. The largest absolute Gasteiger partial charge is 0.219 e. The van der Waals surface area contributed by atoms with Gasteiger partial charge < -0.3 is 0 Å². The summed E-state index contributed by atoms with van der Waals surface area (Å²) in [6, 6.07) is 0. The molecule has 2 nitrogen and oxygen atoms in total. The van der Waals surface area contributed by atoms with Gasteiger partial charge in [-0.25, -0.2) is 4.39 Å². The van der Waals surface area contributed by atoms with E-state index in [0.717, 1.165) is 12.8 Å². The Balaban J connectivity index is 3.08. The summed E-state index contributed by atoms with van der Waals surface area (Å²) in [6.07, 6.45) is 5.43. The summed E-state index contributed by atoms with van der Waals surface area (Å²) in [7, 11) is -2.37. The zero-order valence-electron chi connectivity index (χ0n) is 8.33. The van der Waals surface area contributed by atoms with E-state index >= 15 is 0 Å². The standard InChI is InChI=1S/C10H12BrFO2S/c1-2-3-4-7-5-6-8(12)9(11)10(7)15(13)14/h5-6,9H,2-4H2,1H3. The zero-order chi connectivity index (χ0) is 11.4. The summed E-state index contributed by atoms with van der Waals surface area (Å²) in [5.74, 6) is -0.463. The second-order valence-corrected chi connectivity index (χ2v) is 5.13. The van der Waals surface area contributed by atoms with Gasteiger partial charge in [-0.15, -0.1) is 0 Å². The summed E-state index contributed by atoms with van der Waals surface area (Å²) < 4.78 is 35.1. The van der Waals surface area contributed by atoms with Crippen LogP contribution in [0, 0.1) is 0 Å². The number of unbranched alkanes of at least 4 members (excludes halogenated alkanes) is 1. The van der Waals surface area contributed by atoms with Crippen molar-refractivity contribution in [3.8, 4) is 0 Å². The Kier molecular flexibility index (Phi) is 4.73. The van der Waals surface area contributed by atoms with Crippen LogP contribution in [0.25, 0.3) is 0 Å². The van der Waals surface area contributed by atoms with Gasteiger partial charge in [0.25, 0.3) is 0 Å². The van der Waals surface area contributed by atoms with Gasteiger partial charge in [0.2, 0.25) is 10.3 Å². The molecule has 0 heterocycles. The van der Waals surface area contributed by atoms with Crippen molar-refractivity contribution in [3.05, 3.63) is 23.6 Å². The number of alkyl halides is 1. The van der Waals surface area contributed by atoms with Crippen molar-refractivity contribution in [1.29, 1.82) is 0 Å². The Bertz CT molecular complexity index is 426. The Morgan fingerprint density at radius 3 is 2.67 bits per heavy atom. The van der Waals surface area contributed by atoms with Crippen LogP contribution in [0.15, 0.2) is 23.6 Å². The normalized spacial score (nSPS) is 21.0. The van der Waals surface area contributed by atoms with E-state index in [1.54, 1.807) is 6.08 Å². The van der Waals surface area contributed by atoms with Crippen molar-refractivity contribution < 1.29 is 12.8 Å². The van der Waals surface area contributed by atoms with Crippen LogP contribution < -0.4 is 0 Å². The van der Waals surface area contributed by atoms with E-state index in [9.17, 15) is 12.8 Å². The molecule has 1 unspecified atom stereocenters. The molecular formula is C10H12BrFO2S. The third kappa shape index (κ3) is 3.01. The van der Waals surface area contributed by atoms with Gasteiger partial charge in [-0.3, -0.25) is 0 Å². The topological polar surface area (TPSA) is 34.1 Å². The van der Waals surface area contributed by atoms with Crippen LogP contribution in [-0.2, 0) is 10.3 Å². The summed E-state index contributed by atoms with van der Waals surface area (Å²) in [5, 5.41) is 0. The van der Waals surface area contributed by atoms with Crippen LogP contribution in [0.5, 0.6) is 0 Å². The Morgan fingerprint density at radius 2 is 2.13 bits per heavy atom. The van der Waals surface area contributed by atoms with Crippen LogP contribution in [0.4, 0.5) is 4.39 Å². The highest BCUT2D eigenvalue weighted by Crippen LogP contribution is 2.26. The van der Waals surface area contributed by atoms with E-state index in [4.69, 9.17) is 0 Å². The maximum Gasteiger partial charge on any atom is 0.219 e. The number of hydrogen-bond donors (Lipinski definition) is 0. The van der Waals surface area contributed by atoms with Crippen molar-refractivity contribution in [3.63, 3.8) is 0 Å². The van der Waals surface area contributed by atoms with Crippen LogP contribution in [0.1, 0.15) is 26.2 Å². The molecule has 0 bridgehead atoms. The highest BCUT2D eigenvalue weighted by Gasteiger charge is 2.25. The Labute approximate surface area is 98.5 Å². The fraction of sp³-hybridized carbons (Fsp3) is 0.500. The lowest BCUT2D eigenvalue weighted by atomic mass is 9.99. The molecule has 0 spiro atoms. The molecule has 0 aliphatic heterocycles. The van der Waals surface area contributed by atoms with Gasteiger partial charge in [0, 0.05) is 0 Å². The minimum Gasteiger partial charge on any atom is -0.210 e. The lowest BCUT2D eigenvalue weighted by Crippen LogP contribution is -2.21. The molecule has 0 aromatic heterocycles. The second-order valence-electron chi connectivity index (χ2n) is 3.31. The molecule has 0 fully saturated rings. The van der Waals surface area contributed by atoms with Crippen LogP contribution in [0.3, 0.4) is 0 Å². The fourth-order valence-electron chi connectivity index (χ4n) is 1.40. The predicted molar refractivity (Wildman–Crippen MR) is 63.4 cm³/mol. The maximum absolute atomic E-state index is 13.2. The van der Waals surface area contributed by atoms with Crippen LogP contribution in [0.2, 0.25) is 0 Å². The van der Waals surface area contributed by atoms with Gasteiger partial charge in [-0.2, -0.15) is 8.42 Å². The first-order valence-electron chi connectivity index (χ1n) is 4.74. The molecule has 1 rings (SSSR count). The number of hydrogen-bond acceptors (Lipinski definition) is 2. The van der Waals surface area contributed by atoms with Gasteiger partial charge in [0.15, 0.2) is 0 Å². The lowest BCUT2D eigenvalue weighted by molar-refractivity contribution is 0.620. The van der Waals surface area contributed by atoms with Crippen molar-refractivity contribution in [2.75, 3.05) is 0 Å². The lowest BCUT2D eigenvalue weighted by Gasteiger charge is -2.15. The molecule has 1 aliphatic rings. The summed E-state index contributed by atoms with van der Waals surface area (Å²) in [5.41, 5.74) is 0.702. The summed E-state index contributed by atoms with van der Waals surface area (Å²) >= 11 is 3.04. The first kappa shape index (κ1) is 12.6. The average molecular weight is 295 g/mol. The smallest absolute Gasteiger partial charge is 0.210 e. The number of halogens is 2. The minimum absolute atomic E-state index is 0.128. The molecule has 1 aliphatic carbocycles. The van der Waals surface area contributed by atoms with Crippen molar-refractivity contribution in [2.45, 2.75) is 31.0 Å². The molecule has 5 heteroatoms. The highest BCUT2D eigenvalue weighted by atomic mass is 79.9. The first-order chi connectivity index (χ1) is 7.07. The summed E-state index contributed by atoms with van der Waals surface area (Å²) in [4.78, 5) is -0.684. The van der Waals surface area contributed by atoms with Gasteiger partial charge in [0.1, 0.15) is 10.7 Å². The zero-order valence-corrected chi connectivity index (χ0v) is 10.7. The van der Waals surface area contributed by atoms with Gasteiger partial charge in [0.05, 0.1) is 4.86 Å². The van der Waals surface area contributed by atoms with Crippen LogP contribution in [-0.4, -0.2) is 18.1 Å². The van der Waals surface area contributed by atoms with E-state index in [1.165, 1.54) is 6.08 Å². The first-order valence-corrected chi connectivity index (χ1v) is 6.73. The SMILES string of the molecule is CCCCC1=CC=C(F)C(Br)C1=S(=O)=O. The molecule has 0 radical (unpaired) electrons. The molecule has 84 valence electrons. The monoisotopic (exact) mass is 294 g/mol. The number of rotatable bonds is 3. The van der Waals surface area contributed by atoms with E-state index in [0.29, 0.717) is 12.0 Å². The van der Waals surface area contributed by atoms with Crippen molar-refractivity contribution >= 4 is 31.1 Å². The quantitative estimate of drug-likeness (QED) is 0.592. The fourth-order valence-corrected chi connectivity index (χ4v) is 2.97. The van der Waals surface area contributed by atoms with Gasteiger partial charge in [-0.1, -0.05) is 35.4 Å². The Morgan fingerprint density at radius 1 is 1.47 bits per heavy atom. The Hall–Kier alpha value is -0.420. The van der Waals surface area contributed by atoms with E-state index in [-0.39, 0.29) is 4.86 Å². The maximum atomic E-state index is 13.2. The molecule has 0 aromatic rings. The van der Waals surface area contributed by atoms with E-state index in [2.05, 4.69) is 15.9 Å². The predicted octanol–water partition coefficient (Wildman–Crippen LogP) is 2.79. The molecule has 0 aromatic carbocycles. The van der Waals surface area contributed by atoms with Crippen molar-refractivity contribution in [2.24, 2.45) is 0 Å². The minimum atomic E-state index is -2.37. The number of allylic oxidation sites excluding steroid dienone is 4. The second kappa shape index (κ2) is 5.61. The summed E-state index contributed by atoms with van der Waals surface area (Å²) in [6.45, 7) is 2.03. The average Bonchev–Trinajstić information content (AvgIpc) is 2.19. The highest BCUT2D eigenvalue weighted by molar-refractivity contribution is 9.10. The van der Waals surface area contributed by atoms with Gasteiger partial charge >= 0.3 is 0 Å². The van der Waals surface area contributed by atoms with Crippen molar-refractivity contribution in [1.82, 2.24) is 0 Å². The molecule has 0 saturated heterocycles. The molecule has 0 saturated carbocycles. The van der Waals surface area contributed by atoms with E-state index in [1.807, 2.05) is 6.92 Å². The third-order valence-corrected chi connectivity index (χ3v) is 4.27. The molecular weight excluding hydrogens is 283 g/mol. The molecule has 15 heavy (non-hydrogen) atoms.